The van der Waals surface area contributed by atoms with Crippen molar-refractivity contribution >= 4 is 23.5 Å². The number of para-hydroxylation sites is 1. The Hall–Kier alpha value is -1.62. The monoisotopic (exact) mass is 291 g/mol. The summed E-state index contributed by atoms with van der Waals surface area (Å²) < 4.78 is 5.26. The van der Waals surface area contributed by atoms with Crippen LogP contribution in [0.25, 0.3) is 0 Å². The van der Waals surface area contributed by atoms with Crippen LogP contribution in [-0.4, -0.2) is 24.5 Å². The van der Waals surface area contributed by atoms with E-state index in [9.17, 15) is 0 Å². The molecule has 1 aliphatic rings. The highest BCUT2D eigenvalue weighted by atomic mass is 32.1. The summed E-state index contributed by atoms with van der Waals surface area (Å²) in [7, 11) is 1.65. The van der Waals surface area contributed by atoms with Crippen LogP contribution in [0.5, 0.6) is 5.75 Å². The number of nitrogens with one attached hydrogen (secondary N) is 2. The van der Waals surface area contributed by atoms with Gasteiger partial charge in [0.1, 0.15) is 5.75 Å². The van der Waals surface area contributed by atoms with Crippen LogP contribution in [0.15, 0.2) is 29.4 Å². The highest BCUT2D eigenvalue weighted by Crippen LogP contribution is 2.17. The van der Waals surface area contributed by atoms with E-state index >= 15 is 0 Å². The quantitative estimate of drug-likeness (QED) is 0.509. The van der Waals surface area contributed by atoms with Crippen molar-refractivity contribution in [3.8, 4) is 5.75 Å². The van der Waals surface area contributed by atoms with Crippen molar-refractivity contribution in [1.82, 2.24) is 10.7 Å². The second-order valence-electron chi connectivity index (χ2n) is 4.92. The van der Waals surface area contributed by atoms with Gasteiger partial charge < -0.3 is 10.1 Å². The van der Waals surface area contributed by atoms with Gasteiger partial charge in [-0.1, -0.05) is 31.4 Å². The van der Waals surface area contributed by atoms with E-state index < -0.39 is 0 Å². The Kier molecular flexibility index (Phi) is 5.80. The fourth-order valence-corrected chi connectivity index (χ4v) is 2.62. The molecule has 0 aromatic heterocycles. The van der Waals surface area contributed by atoms with E-state index in [0.29, 0.717) is 11.2 Å². The molecule has 0 aliphatic heterocycles. The van der Waals surface area contributed by atoms with Gasteiger partial charge in [-0.05, 0) is 37.2 Å². The van der Waals surface area contributed by atoms with Crippen LogP contribution in [0, 0.1) is 0 Å². The molecule has 1 aliphatic carbocycles. The third-order valence-electron chi connectivity index (χ3n) is 3.45. The van der Waals surface area contributed by atoms with Crippen LogP contribution < -0.4 is 15.5 Å². The normalized spacial score (nSPS) is 16.1. The van der Waals surface area contributed by atoms with Gasteiger partial charge in [-0.3, -0.25) is 5.43 Å². The SMILES string of the molecule is COc1ccccc1/C=N/NC(=S)NC1CCCCC1. The lowest BCUT2D eigenvalue weighted by molar-refractivity contribution is 0.412. The Morgan fingerprint density at radius 2 is 2.05 bits per heavy atom. The minimum absolute atomic E-state index is 0.491. The number of thiocarbonyl (C=S) groups is 1. The molecule has 0 spiro atoms. The van der Waals surface area contributed by atoms with Gasteiger partial charge >= 0.3 is 0 Å². The van der Waals surface area contributed by atoms with Gasteiger partial charge in [0.15, 0.2) is 5.11 Å². The van der Waals surface area contributed by atoms with Crippen LogP contribution in [0.1, 0.15) is 37.7 Å². The first kappa shape index (κ1) is 14.8. The molecule has 4 nitrogen and oxygen atoms in total. The van der Waals surface area contributed by atoms with E-state index in [1.54, 1.807) is 13.3 Å². The zero-order valence-corrected chi connectivity index (χ0v) is 12.6. The second-order valence-corrected chi connectivity index (χ2v) is 5.33. The Balaban J connectivity index is 1.81. The number of methoxy groups -OCH3 is 1. The number of ether oxygens (including phenoxy) is 1. The smallest absolute Gasteiger partial charge is 0.187 e. The predicted octanol–water partition coefficient (Wildman–Crippen LogP) is 2.83. The first-order valence-electron chi connectivity index (χ1n) is 7.02. The molecule has 0 radical (unpaired) electrons. The van der Waals surface area contributed by atoms with Crippen molar-refractivity contribution in [3.63, 3.8) is 0 Å². The van der Waals surface area contributed by atoms with Gasteiger partial charge in [-0.25, -0.2) is 0 Å². The molecule has 1 fully saturated rings. The van der Waals surface area contributed by atoms with Crippen LogP contribution in [0.3, 0.4) is 0 Å². The molecule has 2 N–H and O–H groups in total. The second kappa shape index (κ2) is 7.85. The summed E-state index contributed by atoms with van der Waals surface area (Å²) in [6, 6.07) is 8.22. The molecule has 0 amide bonds. The minimum atomic E-state index is 0.491. The molecule has 1 aromatic rings. The number of nitrogens with zero attached hydrogens (tertiary/aromatic N) is 1. The first-order valence-corrected chi connectivity index (χ1v) is 7.43. The number of hydrogen-bond acceptors (Lipinski definition) is 3. The van der Waals surface area contributed by atoms with Crippen molar-refractivity contribution in [2.24, 2.45) is 5.10 Å². The lowest BCUT2D eigenvalue weighted by Crippen LogP contribution is -2.40. The number of rotatable bonds is 4. The summed E-state index contributed by atoms with van der Waals surface area (Å²) >= 11 is 5.24. The molecule has 1 saturated carbocycles. The van der Waals surface area contributed by atoms with E-state index in [0.717, 1.165) is 11.3 Å². The molecule has 20 heavy (non-hydrogen) atoms. The van der Waals surface area contributed by atoms with E-state index in [-0.39, 0.29) is 0 Å². The van der Waals surface area contributed by atoms with Gasteiger partial charge in [0.25, 0.3) is 0 Å². The van der Waals surface area contributed by atoms with Crippen LogP contribution >= 0.6 is 12.2 Å². The molecular weight excluding hydrogens is 270 g/mol. The maximum absolute atomic E-state index is 5.26. The molecule has 0 saturated heterocycles. The average molecular weight is 291 g/mol. The molecule has 1 aromatic carbocycles. The molecule has 0 atom stereocenters. The lowest BCUT2D eigenvalue weighted by atomic mass is 9.96. The topological polar surface area (TPSA) is 45.6 Å². The van der Waals surface area contributed by atoms with Crippen molar-refractivity contribution in [1.29, 1.82) is 0 Å². The molecule has 5 heteroatoms. The fourth-order valence-electron chi connectivity index (χ4n) is 2.40. The Morgan fingerprint density at radius 1 is 1.30 bits per heavy atom. The summed E-state index contributed by atoms with van der Waals surface area (Å²) in [5.74, 6) is 0.796. The minimum Gasteiger partial charge on any atom is -0.496 e. The summed E-state index contributed by atoms with van der Waals surface area (Å²) in [5, 5.41) is 8.05. The fraction of sp³-hybridized carbons (Fsp3) is 0.467. The molecule has 2 rings (SSSR count). The Bertz CT molecular complexity index is 470. The van der Waals surface area contributed by atoms with E-state index in [1.165, 1.54) is 32.1 Å². The lowest BCUT2D eigenvalue weighted by Gasteiger charge is -2.23. The maximum atomic E-state index is 5.26. The van der Waals surface area contributed by atoms with Gasteiger partial charge in [-0.15, -0.1) is 0 Å². The van der Waals surface area contributed by atoms with E-state index in [1.807, 2.05) is 24.3 Å². The number of hydrazone groups is 1. The van der Waals surface area contributed by atoms with E-state index in [2.05, 4.69) is 15.8 Å². The van der Waals surface area contributed by atoms with Crippen molar-refractivity contribution in [2.75, 3.05) is 7.11 Å². The van der Waals surface area contributed by atoms with Crippen LogP contribution in [0.4, 0.5) is 0 Å². The summed E-state index contributed by atoms with van der Waals surface area (Å²) in [6.07, 6.45) is 8.00. The third kappa shape index (κ3) is 4.49. The molecule has 0 bridgehead atoms. The summed E-state index contributed by atoms with van der Waals surface area (Å²) in [6.45, 7) is 0. The van der Waals surface area contributed by atoms with Gasteiger partial charge in [0, 0.05) is 11.6 Å². The Labute approximate surface area is 125 Å². The average Bonchev–Trinajstić information content (AvgIpc) is 2.49. The molecule has 108 valence electrons. The predicted molar refractivity (Wildman–Crippen MR) is 86.3 cm³/mol. The maximum Gasteiger partial charge on any atom is 0.187 e. The zero-order valence-electron chi connectivity index (χ0n) is 11.8. The van der Waals surface area contributed by atoms with Crippen molar-refractivity contribution in [3.05, 3.63) is 29.8 Å². The van der Waals surface area contributed by atoms with Gasteiger partial charge in [-0.2, -0.15) is 5.10 Å². The van der Waals surface area contributed by atoms with Gasteiger partial charge in [0.2, 0.25) is 0 Å². The van der Waals surface area contributed by atoms with Crippen molar-refractivity contribution < 1.29 is 4.74 Å². The highest BCUT2D eigenvalue weighted by Gasteiger charge is 2.13. The zero-order chi connectivity index (χ0) is 14.2. The first-order chi connectivity index (χ1) is 9.79. The van der Waals surface area contributed by atoms with Crippen LogP contribution in [-0.2, 0) is 0 Å². The van der Waals surface area contributed by atoms with Crippen molar-refractivity contribution in [2.45, 2.75) is 38.1 Å². The summed E-state index contributed by atoms with van der Waals surface area (Å²) in [4.78, 5) is 0. The molecule has 0 heterocycles. The summed E-state index contributed by atoms with van der Waals surface area (Å²) in [5.41, 5.74) is 3.78. The van der Waals surface area contributed by atoms with E-state index in [4.69, 9.17) is 17.0 Å². The van der Waals surface area contributed by atoms with Crippen LogP contribution in [0.2, 0.25) is 0 Å². The largest absolute Gasteiger partial charge is 0.496 e. The number of hydrogen-bond donors (Lipinski definition) is 2. The molecule has 0 unspecified atom stereocenters. The highest BCUT2D eigenvalue weighted by molar-refractivity contribution is 7.80. The standard InChI is InChI=1S/C15H21N3OS/c1-19-14-10-6-5-7-12(14)11-16-18-15(20)17-13-8-3-2-4-9-13/h5-7,10-11,13H,2-4,8-9H2,1H3,(H2,17,18,20)/b16-11+. The Morgan fingerprint density at radius 3 is 2.80 bits per heavy atom. The third-order valence-corrected chi connectivity index (χ3v) is 3.66. The van der Waals surface area contributed by atoms with Gasteiger partial charge in [0.05, 0.1) is 13.3 Å². The number of benzene rings is 1. The molecular formula is C15H21N3OS.